The van der Waals surface area contributed by atoms with Gasteiger partial charge in [-0.05, 0) is 36.1 Å². The highest BCUT2D eigenvalue weighted by atomic mass is 32.2. The summed E-state index contributed by atoms with van der Waals surface area (Å²) in [5.41, 5.74) is 12.1. The van der Waals surface area contributed by atoms with E-state index in [9.17, 15) is 18.0 Å². The maximum absolute atomic E-state index is 14.2. The van der Waals surface area contributed by atoms with Crippen LogP contribution in [0.4, 0.5) is 4.79 Å². The Labute approximate surface area is 197 Å². The number of para-hydroxylation sites is 1. The van der Waals surface area contributed by atoms with Gasteiger partial charge in [-0.2, -0.15) is 4.31 Å². The standard InChI is InChI=1S/C24H25N5O4S/c25-22(30)24(19-11-10-16-5-1-2-8-18(16)19)15-28(23(26)31)13-14-29(24)34(32,33)20-9-3-6-17-7-4-12-27-21(17)20/h1-9,12,19H,10-11,13-15H2,(H2,25,30)(H2,26,31). The monoisotopic (exact) mass is 479 g/mol. The number of fused-ring (bicyclic) bond motifs is 2. The lowest BCUT2D eigenvalue weighted by Gasteiger charge is -2.50. The quantitative estimate of drug-likeness (QED) is 0.585. The fraction of sp³-hybridized carbons (Fsp3) is 0.292. The summed E-state index contributed by atoms with van der Waals surface area (Å²) in [6.07, 6.45) is 2.73. The lowest BCUT2D eigenvalue weighted by Crippen LogP contribution is -2.72. The van der Waals surface area contributed by atoms with Gasteiger partial charge >= 0.3 is 6.03 Å². The third-order valence-corrected chi connectivity index (χ3v) is 9.04. The number of nitrogens with two attached hydrogens (primary N) is 2. The minimum atomic E-state index is -4.24. The predicted molar refractivity (Wildman–Crippen MR) is 126 cm³/mol. The van der Waals surface area contributed by atoms with Crippen LogP contribution in [0.1, 0.15) is 23.5 Å². The molecule has 4 N–H and O–H groups in total. The number of benzene rings is 2. The van der Waals surface area contributed by atoms with Crippen molar-refractivity contribution in [2.45, 2.75) is 29.2 Å². The number of primary amides is 2. The Balaban J connectivity index is 1.73. The number of hydrogen-bond donors (Lipinski definition) is 2. The van der Waals surface area contributed by atoms with Crippen LogP contribution in [-0.4, -0.2) is 59.7 Å². The van der Waals surface area contributed by atoms with E-state index in [0.717, 1.165) is 11.1 Å². The van der Waals surface area contributed by atoms with Crippen molar-refractivity contribution in [2.75, 3.05) is 19.6 Å². The summed E-state index contributed by atoms with van der Waals surface area (Å²) >= 11 is 0. The summed E-state index contributed by atoms with van der Waals surface area (Å²) in [6.45, 7) is -0.277. The topological polar surface area (TPSA) is 140 Å². The van der Waals surface area contributed by atoms with Crippen LogP contribution >= 0.6 is 0 Å². The zero-order valence-electron chi connectivity index (χ0n) is 18.4. The number of aromatic nitrogens is 1. The number of pyridine rings is 1. The highest BCUT2D eigenvalue weighted by molar-refractivity contribution is 7.89. The fourth-order valence-electron chi connectivity index (χ4n) is 5.50. The van der Waals surface area contributed by atoms with Crippen LogP contribution in [0.15, 0.2) is 65.7 Å². The number of sulfonamides is 1. The summed E-state index contributed by atoms with van der Waals surface area (Å²) in [6, 6.07) is 15.3. The molecule has 3 aromatic rings. The van der Waals surface area contributed by atoms with E-state index < -0.39 is 33.4 Å². The molecule has 0 bridgehead atoms. The van der Waals surface area contributed by atoms with Gasteiger partial charge in [0.1, 0.15) is 10.4 Å². The Morgan fingerprint density at radius 1 is 1.00 bits per heavy atom. The van der Waals surface area contributed by atoms with Crippen molar-refractivity contribution in [1.82, 2.24) is 14.2 Å². The van der Waals surface area contributed by atoms with Crippen molar-refractivity contribution in [3.05, 3.63) is 71.9 Å². The first-order valence-electron chi connectivity index (χ1n) is 11.1. The molecule has 5 rings (SSSR count). The van der Waals surface area contributed by atoms with Crippen LogP contribution in [0.2, 0.25) is 0 Å². The second kappa shape index (κ2) is 8.07. The second-order valence-electron chi connectivity index (χ2n) is 8.75. The largest absolute Gasteiger partial charge is 0.368 e. The molecule has 2 atom stereocenters. The molecule has 0 spiro atoms. The molecule has 3 amide bonds. The fourth-order valence-corrected chi connectivity index (χ4v) is 7.42. The van der Waals surface area contributed by atoms with E-state index in [1.165, 1.54) is 21.5 Å². The molecular weight excluding hydrogens is 454 g/mol. The summed E-state index contributed by atoms with van der Waals surface area (Å²) < 4.78 is 29.6. The van der Waals surface area contributed by atoms with Gasteiger partial charge in [0.15, 0.2) is 0 Å². The van der Waals surface area contributed by atoms with Gasteiger partial charge in [-0.15, -0.1) is 0 Å². The molecule has 2 heterocycles. The number of carbonyl (C=O) groups is 2. The Hall–Kier alpha value is -3.50. The Morgan fingerprint density at radius 3 is 2.53 bits per heavy atom. The first-order valence-corrected chi connectivity index (χ1v) is 12.5. The average molecular weight is 480 g/mol. The Bertz CT molecular complexity index is 1400. The summed E-state index contributed by atoms with van der Waals surface area (Å²) in [4.78, 5) is 31.1. The van der Waals surface area contributed by atoms with Gasteiger partial charge in [-0.3, -0.25) is 9.78 Å². The zero-order valence-corrected chi connectivity index (χ0v) is 19.2. The summed E-state index contributed by atoms with van der Waals surface area (Å²) in [5, 5.41) is 0.662. The zero-order chi connectivity index (χ0) is 24.1. The van der Waals surface area contributed by atoms with Gasteiger partial charge in [-0.25, -0.2) is 13.2 Å². The van der Waals surface area contributed by atoms with E-state index in [-0.39, 0.29) is 24.5 Å². The summed E-state index contributed by atoms with van der Waals surface area (Å²) in [7, 11) is -4.24. The summed E-state index contributed by atoms with van der Waals surface area (Å²) in [5.74, 6) is -1.34. The van der Waals surface area contributed by atoms with Crippen LogP contribution in [0.3, 0.4) is 0 Å². The van der Waals surface area contributed by atoms with E-state index in [2.05, 4.69) is 4.98 Å². The van der Waals surface area contributed by atoms with Crippen molar-refractivity contribution in [3.63, 3.8) is 0 Å². The molecule has 2 aromatic carbocycles. The molecule has 1 aliphatic carbocycles. The third-order valence-electron chi connectivity index (χ3n) is 7.06. The molecule has 1 aliphatic heterocycles. The van der Waals surface area contributed by atoms with Gasteiger partial charge in [0.05, 0.1) is 12.1 Å². The van der Waals surface area contributed by atoms with E-state index in [1.54, 1.807) is 24.3 Å². The van der Waals surface area contributed by atoms with Crippen molar-refractivity contribution in [3.8, 4) is 0 Å². The number of urea groups is 1. The van der Waals surface area contributed by atoms with Crippen LogP contribution in [0.5, 0.6) is 0 Å². The minimum absolute atomic E-state index is 0.00460. The number of rotatable bonds is 4. The predicted octanol–water partition coefficient (Wildman–Crippen LogP) is 1.57. The highest BCUT2D eigenvalue weighted by Gasteiger charge is 2.59. The smallest absolute Gasteiger partial charge is 0.314 e. The maximum Gasteiger partial charge on any atom is 0.314 e. The lowest BCUT2D eigenvalue weighted by molar-refractivity contribution is -0.131. The molecule has 34 heavy (non-hydrogen) atoms. The number of carbonyl (C=O) groups excluding carboxylic acids is 2. The first-order chi connectivity index (χ1) is 16.3. The van der Waals surface area contributed by atoms with Crippen LogP contribution in [0.25, 0.3) is 10.9 Å². The normalized spacial score (nSPS) is 23.1. The molecule has 0 saturated carbocycles. The molecule has 1 aromatic heterocycles. The average Bonchev–Trinajstić information content (AvgIpc) is 3.27. The van der Waals surface area contributed by atoms with Gasteiger partial charge in [0.2, 0.25) is 15.9 Å². The van der Waals surface area contributed by atoms with E-state index in [0.29, 0.717) is 23.7 Å². The molecule has 10 heteroatoms. The van der Waals surface area contributed by atoms with E-state index in [4.69, 9.17) is 11.5 Å². The molecule has 1 fully saturated rings. The number of aryl methyl sites for hydroxylation is 1. The lowest BCUT2D eigenvalue weighted by atomic mass is 9.77. The van der Waals surface area contributed by atoms with Crippen molar-refractivity contribution in [2.24, 2.45) is 11.5 Å². The number of amides is 3. The van der Waals surface area contributed by atoms with Crippen LogP contribution in [-0.2, 0) is 21.2 Å². The van der Waals surface area contributed by atoms with Crippen molar-refractivity contribution < 1.29 is 18.0 Å². The molecule has 176 valence electrons. The van der Waals surface area contributed by atoms with Crippen LogP contribution in [0, 0.1) is 0 Å². The van der Waals surface area contributed by atoms with Crippen LogP contribution < -0.4 is 11.5 Å². The van der Waals surface area contributed by atoms with Gasteiger partial charge in [-0.1, -0.05) is 42.5 Å². The van der Waals surface area contributed by atoms with Gasteiger partial charge < -0.3 is 16.4 Å². The maximum atomic E-state index is 14.2. The van der Waals surface area contributed by atoms with Gasteiger partial charge in [0, 0.05) is 30.6 Å². The van der Waals surface area contributed by atoms with Gasteiger partial charge in [0.25, 0.3) is 0 Å². The number of piperazine rings is 1. The Kier molecular flexibility index (Phi) is 5.29. The molecule has 0 radical (unpaired) electrons. The van der Waals surface area contributed by atoms with E-state index >= 15 is 0 Å². The molecule has 2 unspecified atom stereocenters. The highest BCUT2D eigenvalue weighted by Crippen LogP contribution is 2.47. The third kappa shape index (κ3) is 3.24. The SMILES string of the molecule is NC(=O)N1CCN(S(=O)(=O)c2cccc3cccnc23)C(C(N)=O)(C2CCc3ccccc32)C1. The molecule has 9 nitrogen and oxygen atoms in total. The first kappa shape index (κ1) is 22.3. The van der Waals surface area contributed by atoms with Crippen molar-refractivity contribution in [1.29, 1.82) is 0 Å². The van der Waals surface area contributed by atoms with Crippen molar-refractivity contribution >= 4 is 32.9 Å². The Morgan fingerprint density at radius 2 is 1.76 bits per heavy atom. The minimum Gasteiger partial charge on any atom is -0.368 e. The second-order valence-corrected chi connectivity index (χ2v) is 10.6. The molecule has 1 saturated heterocycles. The molecular formula is C24H25N5O4S. The van der Waals surface area contributed by atoms with E-state index in [1.807, 2.05) is 24.3 Å². The number of nitrogens with zero attached hydrogens (tertiary/aromatic N) is 3. The number of hydrogen-bond acceptors (Lipinski definition) is 5. The molecule has 2 aliphatic rings.